The summed E-state index contributed by atoms with van der Waals surface area (Å²) in [5.41, 5.74) is 4.11. The summed E-state index contributed by atoms with van der Waals surface area (Å²) in [6, 6.07) is 12.0. The standard InChI is InChI=1S/C20H22N4O/c1-14-8-10-23(11-9-14)20(25)17-13-21-24-15(2)12-18(22-19(17)24)16-6-4-3-5-7-16/h3-7,12-14H,8-11H2,1-2H3. The maximum absolute atomic E-state index is 13.0. The summed E-state index contributed by atoms with van der Waals surface area (Å²) in [5.74, 6) is 0.733. The van der Waals surface area contributed by atoms with Gasteiger partial charge in [-0.1, -0.05) is 37.3 Å². The zero-order chi connectivity index (χ0) is 17.4. The number of piperidine rings is 1. The van der Waals surface area contributed by atoms with Crippen molar-refractivity contribution in [3.63, 3.8) is 0 Å². The van der Waals surface area contributed by atoms with Crippen molar-refractivity contribution < 1.29 is 4.79 Å². The zero-order valence-electron chi connectivity index (χ0n) is 14.6. The molecular weight excluding hydrogens is 312 g/mol. The van der Waals surface area contributed by atoms with Crippen LogP contribution in [0.2, 0.25) is 0 Å². The molecule has 128 valence electrons. The van der Waals surface area contributed by atoms with Crippen molar-refractivity contribution in [2.75, 3.05) is 13.1 Å². The largest absolute Gasteiger partial charge is 0.338 e. The summed E-state index contributed by atoms with van der Waals surface area (Å²) in [6.07, 6.45) is 3.78. The van der Waals surface area contributed by atoms with Crippen LogP contribution in [0.5, 0.6) is 0 Å². The lowest BCUT2D eigenvalue weighted by atomic mass is 9.99. The van der Waals surface area contributed by atoms with Gasteiger partial charge in [0.25, 0.3) is 5.91 Å². The average molecular weight is 334 g/mol. The minimum atomic E-state index is 0.0408. The van der Waals surface area contributed by atoms with E-state index in [1.54, 1.807) is 10.7 Å². The van der Waals surface area contributed by atoms with Crippen LogP contribution in [-0.2, 0) is 0 Å². The molecule has 0 spiro atoms. The molecule has 2 aromatic heterocycles. The van der Waals surface area contributed by atoms with Gasteiger partial charge in [-0.3, -0.25) is 4.79 Å². The van der Waals surface area contributed by atoms with Crippen LogP contribution in [-0.4, -0.2) is 38.5 Å². The first-order valence-electron chi connectivity index (χ1n) is 8.83. The molecule has 3 aromatic rings. The number of amides is 1. The fraction of sp³-hybridized carbons (Fsp3) is 0.350. The van der Waals surface area contributed by atoms with Crippen molar-refractivity contribution in [1.82, 2.24) is 19.5 Å². The highest BCUT2D eigenvalue weighted by molar-refractivity contribution is 6.00. The third-order valence-corrected chi connectivity index (χ3v) is 5.02. The third-order valence-electron chi connectivity index (χ3n) is 5.02. The number of benzene rings is 1. The predicted molar refractivity (Wildman–Crippen MR) is 97.5 cm³/mol. The highest BCUT2D eigenvalue weighted by atomic mass is 16.2. The highest BCUT2D eigenvalue weighted by Gasteiger charge is 2.25. The van der Waals surface area contributed by atoms with E-state index in [4.69, 9.17) is 4.98 Å². The molecule has 25 heavy (non-hydrogen) atoms. The average Bonchev–Trinajstić information content (AvgIpc) is 3.07. The summed E-state index contributed by atoms with van der Waals surface area (Å²) in [4.78, 5) is 19.7. The van der Waals surface area contributed by atoms with Crippen LogP contribution < -0.4 is 0 Å². The minimum Gasteiger partial charge on any atom is -0.338 e. The normalized spacial score (nSPS) is 15.7. The molecule has 0 saturated carbocycles. The number of aryl methyl sites for hydroxylation is 1. The van der Waals surface area contributed by atoms with Gasteiger partial charge in [0.2, 0.25) is 0 Å². The quantitative estimate of drug-likeness (QED) is 0.720. The molecule has 4 rings (SSSR count). The van der Waals surface area contributed by atoms with E-state index in [0.29, 0.717) is 17.1 Å². The van der Waals surface area contributed by atoms with Crippen molar-refractivity contribution in [1.29, 1.82) is 0 Å². The van der Waals surface area contributed by atoms with E-state index in [0.717, 1.165) is 42.9 Å². The fourth-order valence-corrected chi connectivity index (χ4v) is 3.40. The lowest BCUT2D eigenvalue weighted by molar-refractivity contribution is 0.0699. The SMILES string of the molecule is Cc1cc(-c2ccccc2)nc2c(C(=O)N3CCC(C)CC3)cnn12. The van der Waals surface area contributed by atoms with E-state index in [2.05, 4.69) is 12.0 Å². The second-order valence-corrected chi connectivity index (χ2v) is 6.92. The summed E-state index contributed by atoms with van der Waals surface area (Å²) >= 11 is 0. The Morgan fingerprint density at radius 2 is 1.88 bits per heavy atom. The van der Waals surface area contributed by atoms with Crippen molar-refractivity contribution in [2.24, 2.45) is 5.92 Å². The monoisotopic (exact) mass is 334 g/mol. The number of fused-ring (bicyclic) bond motifs is 1. The molecule has 3 heterocycles. The molecule has 1 aromatic carbocycles. The second-order valence-electron chi connectivity index (χ2n) is 6.92. The number of hydrogen-bond acceptors (Lipinski definition) is 3. The van der Waals surface area contributed by atoms with Gasteiger partial charge in [-0.25, -0.2) is 9.50 Å². The molecule has 0 bridgehead atoms. The molecule has 1 saturated heterocycles. The number of aromatic nitrogens is 3. The van der Waals surface area contributed by atoms with Gasteiger partial charge < -0.3 is 4.90 Å². The summed E-state index contributed by atoms with van der Waals surface area (Å²) in [7, 11) is 0. The Labute approximate surface area is 147 Å². The maximum Gasteiger partial charge on any atom is 0.259 e. The third kappa shape index (κ3) is 2.90. The van der Waals surface area contributed by atoms with E-state index >= 15 is 0 Å². The number of nitrogens with zero attached hydrogens (tertiary/aromatic N) is 4. The van der Waals surface area contributed by atoms with Gasteiger partial charge in [-0.05, 0) is 31.7 Å². The van der Waals surface area contributed by atoms with Crippen molar-refractivity contribution >= 4 is 11.6 Å². The van der Waals surface area contributed by atoms with Gasteiger partial charge >= 0.3 is 0 Å². The lowest BCUT2D eigenvalue weighted by Crippen LogP contribution is -2.37. The van der Waals surface area contributed by atoms with E-state index < -0.39 is 0 Å². The molecule has 0 N–H and O–H groups in total. The van der Waals surface area contributed by atoms with Crippen LogP contribution in [0.3, 0.4) is 0 Å². The van der Waals surface area contributed by atoms with E-state index in [9.17, 15) is 4.79 Å². The Morgan fingerprint density at radius 1 is 1.16 bits per heavy atom. The maximum atomic E-state index is 13.0. The van der Waals surface area contributed by atoms with Crippen molar-refractivity contribution in [2.45, 2.75) is 26.7 Å². The van der Waals surface area contributed by atoms with Gasteiger partial charge in [0.1, 0.15) is 5.56 Å². The van der Waals surface area contributed by atoms with Gasteiger partial charge in [-0.15, -0.1) is 0 Å². The first kappa shape index (κ1) is 15.8. The van der Waals surface area contributed by atoms with Crippen LogP contribution >= 0.6 is 0 Å². The van der Waals surface area contributed by atoms with E-state index in [1.807, 2.05) is 48.2 Å². The molecule has 1 aliphatic heterocycles. The second kappa shape index (κ2) is 6.31. The topological polar surface area (TPSA) is 50.5 Å². The molecule has 0 radical (unpaired) electrons. The first-order chi connectivity index (χ1) is 12.1. The zero-order valence-corrected chi connectivity index (χ0v) is 14.6. The van der Waals surface area contributed by atoms with Gasteiger partial charge in [-0.2, -0.15) is 5.10 Å². The van der Waals surface area contributed by atoms with E-state index in [-0.39, 0.29) is 5.91 Å². The fourth-order valence-electron chi connectivity index (χ4n) is 3.40. The molecule has 1 amide bonds. The molecule has 1 aliphatic rings. The molecule has 5 heteroatoms. The summed E-state index contributed by atoms with van der Waals surface area (Å²) < 4.78 is 1.76. The number of carbonyl (C=O) groups is 1. The summed E-state index contributed by atoms with van der Waals surface area (Å²) in [5, 5.41) is 4.39. The Balaban J connectivity index is 1.75. The molecule has 5 nitrogen and oxygen atoms in total. The molecule has 1 fully saturated rings. The van der Waals surface area contributed by atoms with Crippen molar-refractivity contribution in [3.05, 3.63) is 53.9 Å². The van der Waals surface area contributed by atoms with Gasteiger partial charge in [0, 0.05) is 24.3 Å². The van der Waals surface area contributed by atoms with Crippen LogP contribution in [0, 0.1) is 12.8 Å². The van der Waals surface area contributed by atoms with Gasteiger partial charge in [0.05, 0.1) is 11.9 Å². The Kier molecular flexibility index (Phi) is 3.99. The lowest BCUT2D eigenvalue weighted by Gasteiger charge is -2.30. The van der Waals surface area contributed by atoms with Crippen LogP contribution in [0.25, 0.3) is 16.9 Å². The van der Waals surface area contributed by atoms with Crippen LogP contribution in [0.1, 0.15) is 35.8 Å². The Morgan fingerprint density at radius 3 is 2.60 bits per heavy atom. The Bertz CT molecular complexity index is 908. The predicted octanol–water partition coefficient (Wildman–Crippen LogP) is 3.58. The summed E-state index contributed by atoms with van der Waals surface area (Å²) in [6.45, 7) is 5.86. The van der Waals surface area contributed by atoms with E-state index in [1.165, 1.54) is 0 Å². The molecular formula is C20H22N4O. The molecule has 0 aliphatic carbocycles. The molecule has 0 atom stereocenters. The number of hydrogen-bond donors (Lipinski definition) is 0. The Hall–Kier alpha value is -2.69. The number of rotatable bonds is 2. The van der Waals surface area contributed by atoms with Crippen LogP contribution in [0.4, 0.5) is 0 Å². The van der Waals surface area contributed by atoms with Crippen LogP contribution in [0.15, 0.2) is 42.6 Å². The number of likely N-dealkylation sites (tertiary alicyclic amines) is 1. The smallest absolute Gasteiger partial charge is 0.259 e. The minimum absolute atomic E-state index is 0.0408. The highest BCUT2D eigenvalue weighted by Crippen LogP contribution is 2.23. The van der Waals surface area contributed by atoms with Gasteiger partial charge in [0.15, 0.2) is 5.65 Å². The first-order valence-corrected chi connectivity index (χ1v) is 8.83. The molecule has 0 unspecified atom stereocenters. The number of carbonyl (C=O) groups excluding carboxylic acids is 1. The van der Waals surface area contributed by atoms with Crippen molar-refractivity contribution in [3.8, 4) is 11.3 Å².